The largest absolute Gasteiger partial charge is 0.462 e. The van der Waals surface area contributed by atoms with Crippen LogP contribution in [0.1, 0.15) is 61.5 Å². The lowest BCUT2D eigenvalue weighted by molar-refractivity contribution is -0.118. The lowest BCUT2D eigenvalue weighted by Gasteiger charge is -2.37. The average molecular weight is 633 g/mol. The second-order valence-corrected chi connectivity index (χ2v) is 12.4. The van der Waals surface area contributed by atoms with Crippen molar-refractivity contribution in [3.8, 4) is 6.07 Å². The van der Waals surface area contributed by atoms with E-state index in [0.717, 1.165) is 18.2 Å². The summed E-state index contributed by atoms with van der Waals surface area (Å²) in [5.41, 5.74) is -2.70. The van der Waals surface area contributed by atoms with Gasteiger partial charge < -0.3 is 15.4 Å². The Morgan fingerprint density at radius 1 is 1.07 bits per heavy atom. The van der Waals surface area contributed by atoms with Crippen LogP contribution in [0.15, 0.2) is 54.6 Å². The number of hydrogen-bond donors (Lipinski definition) is 2. The summed E-state index contributed by atoms with van der Waals surface area (Å²) in [5, 5.41) is 16.6. The van der Waals surface area contributed by atoms with Crippen molar-refractivity contribution >= 4 is 40.8 Å². The zero-order valence-electron chi connectivity index (χ0n) is 23.9. The van der Waals surface area contributed by atoms with Gasteiger partial charge in [-0.3, -0.25) is 4.79 Å². The first-order chi connectivity index (χ1) is 20.2. The van der Waals surface area contributed by atoms with Crippen LogP contribution in [0.2, 0.25) is 10.0 Å². The van der Waals surface area contributed by atoms with Crippen molar-refractivity contribution in [2.24, 2.45) is 5.41 Å². The molecule has 0 saturated carbocycles. The molecule has 1 heterocycles. The molecular formula is C32H30Cl2F3N3O3. The number of nitriles is 1. The molecule has 1 unspecified atom stereocenters. The van der Waals surface area contributed by atoms with Gasteiger partial charge >= 0.3 is 5.97 Å². The van der Waals surface area contributed by atoms with Crippen molar-refractivity contribution in [1.82, 2.24) is 5.32 Å². The number of nitrogens with one attached hydrogen (secondary N) is 2. The van der Waals surface area contributed by atoms with E-state index < -0.39 is 63.7 Å². The van der Waals surface area contributed by atoms with Gasteiger partial charge in [-0.25, -0.2) is 18.0 Å². The van der Waals surface area contributed by atoms with Crippen molar-refractivity contribution < 1.29 is 27.5 Å². The highest BCUT2D eigenvalue weighted by Gasteiger charge is 2.61. The Morgan fingerprint density at radius 3 is 2.42 bits per heavy atom. The third-order valence-electron chi connectivity index (χ3n) is 7.46. The van der Waals surface area contributed by atoms with Crippen LogP contribution in [0.3, 0.4) is 0 Å². The zero-order chi connectivity index (χ0) is 31.7. The number of benzene rings is 3. The number of hydrogen-bond acceptors (Lipinski definition) is 5. The number of amides is 1. The number of ether oxygens (including phenoxy) is 1. The van der Waals surface area contributed by atoms with Crippen LogP contribution in [0, 0.1) is 34.2 Å². The van der Waals surface area contributed by atoms with Crippen molar-refractivity contribution in [1.29, 1.82) is 5.26 Å². The summed E-state index contributed by atoms with van der Waals surface area (Å²) >= 11 is 12.2. The molecule has 4 rings (SSSR count). The normalized spacial score (nSPS) is 21.7. The molecule has 1 saturated heterocycles. The van der Waals surface area contributed by atoms with Crippen LogP contribution in [-0.4, -0.2) is 30.6 Å². The van der Waals surface area contributed by atoms with Crippen molar-refractivity contribution in [3.63, 3.8) is 0 Å². The molecule has 6 nitrogen and oxygen atoms in total. The Labute approximate surface area is 258 Å². The van der Waals surface area contributed by atoms with E-state index in [1.165, 1.54) is 36.4 Å². The Bertz CT molecular complexity index is 1600. The average Bonchev–Trinajstić information content (AvgIpc) is 3.24. The fourth-order valence-corrected chi connectivity index (χ4v) is 6.09. The Balaban J connectivity index is 1.91. The van der Waals surface area contributed by atoms with Crippen LogP contribution >= 0.6 is 23.2 Å². The standard InChI is InChI=1S/C32H30Cl2F3N3O3/c1-5-43-30(42)20-14-18(10-12-23(20)35)39-29(41)28-26(19-7-6-8-22(34)27(19)37)32(16-38,25(40-28)15-31(2,3)4)21-11-9-17(33)13-24(21)36/h6-14,25-26,28,40H,5,15H2,1-4H3,(H,39,41)/t25-,26-,28?,32-/m0/s1. The monoisotopic (exact) mass is 631 g/mol. The molecule has 3 aromatic rings. The first kappa shape index (κ1) is 32.3. The quantitative estimate of drug-likeness (QED) is 0.263. The number of esters is 1. The molecular weight excluding hydrogens is 602 g/mol. The van der Waals surface area contributed by atoms with Crippen molar-refractivity contribution in [3.05, 3.63) is 98.8 Å². The Kier molecular flexibility index (Phi) is 9.45. The minimum absolute atomic E-state index is 0.0143. The molecule has 3 aromatic carbocycles. The summed E-state index contributed by atoms with van der Waals surface area (Å²) in [4.78, 5) is 26.3. The second kappa shape index (κ2) is 12.6. The van der Waals surface area contributed by atoms with Crippen molar-refractivity contribution in [2.45, 2.75) is 57.5 Å². The van der Waals surface area contributed by atoms with Gasteiger partial charge in [0.15, 0.2) is 0 Å². The third-order valence-corrected chi connectivity index (χ3v) is 7.99. The molecule has 1 amide bonds. The zero-order valence-corrected chi connectivity index (χ0v) is 25.4. The number of halogens is 5. The molecule has 1 aliphatic rings. The number of nitrogens with zero attached hydrogens (tertiary/aromatic N) is 1. The summed E-state index contributed by atoms with van der Waals surface area (Å²) in [6, 6.07) is 11.6. The highest BCUT2D eigenvalue weighted by atomic mass is 35.5. The van der Waals surface area contributed by atoms with Gasteiger partial charge in [-0.05, 0) is 60.7 Å². The minimum Gasteiger partial charge on any atom is -0.462 e. The van der Waals surface area contributed by atoms with E-state index in [1.807, 2.05) is 20.8 Å². The lowest BCUT2D eigenvalue weighted by atomic mass is 9.62. The van der Waals surface area contributed by atoms with E-state index >= 15 is 8.78 Å². The van der Waals surface area contributed by atoms with Gasteiger partial charge in [0.05, 0.1) is 29.3 Å². The Morgan fingerprint density at radius 2 is 1.79 bits per heavy atom. The molecule has 0 bridgehead atoms. The van der Waals surface area contributed by atoms with Gasteiger partial charge in [0, 0.05) is 28.2 Å². The maximum atomic E-state index is 15.8. The molecule has 1 fully saturated rings. The fraction of sp³-hybridized carbons (Fsp3) is 0.344. The molecule has 0 aliphatic carbocycles. The summed E-state index contributed by atoms with van der Waals surface area (Å²) in [7, 11) is 0. The molecule has 0 spiro atoms. The van der Waals surface area contributed by atoms with Crippen LogP contribution in [0.25, 0.3) is 0 Å². The first-order valence-electron chi connectivity index (χ1n) is 13.6. The molecule has 1 aliphatic heterocycles. The van der Waals surface area contributed by atoms with E-state index in [0.29, 0.717) is 0 Å². The molecule has 0 aromatic heterocycles. The van der Waals surface area contributed by atoms with Gasteiger partial charge in [0.1, 0.15) is 22.9 Å². The molecule has 11 heteroatoms. The van der Waals surface area contributed by atoms with E-state index in [2.05, 4.69) is 16.7 Å². The highest BCUT2D eigenvalue weighted by Crippen LogP contribution is 2.52. The fourth-order valence-electron chi connectivity index (χ4n) is 5.75. The van der Waals surface area contributed by atoms with Gasteiger partial charge in [0.2, 0.25) is 5.91 Å². The molecule has 226 valence electrons. The van der Waals surface area contributed by atoms with Crippen LogP contribution in [0.4, 0.5) is 18.9 Å². The number of rotatable bonds is 7. The van der Waals surface area contributed by atoms with E-state index in [1.54, 1.807) is 6.92 Å². The number of carbonyl (C=O) groups is 2. The second-order valence-electron chi connectivity index (χ2n) is 11.6. The summed E-state index contributed by atoms with van der Waals surface area (Å²) in [5.74, 6) is -5.42. The van der Waals surface area contributed by atoms with Crippen molar-refractivity contribution in [2.75, 3.05) is 11.9 Å². The SMILES string of the molecule is CCOC(=O)c1cc(NC(=O)C2N[C@@H](CC(C)(C)C)[C@](C#N)(c3ccc(Cl)cc3F)[C@H]2c2cccc(Cl)c2F)ccc1F. The van der Waals surface area contributed by atoms with E-state index in [-0.39, 0.29) is 39.9 Å². The van der Waals surface area contributed by atoms with Crippen LogP contribution in [0.5, 0.6) is 0 Å². The summed E-state index contributed by atoms with van der Waals surface area (Å²) in [6.07, 6.45) is 0.286. The number of anilines is 1. The maximum absolute atomic E-state index is 15.8. The Hall–Kier alpha value is -3.58. The summed E-state index contributed by atoms with van der Waals surface area (Å²) < 4.78 is 50.8. The molecule has 2 N–H and O–H groups in total. The van der Waals surface area contributed by atoms with Gasteiger partial charge in [-0.1, -0.05) is 62.2 Å². The van der Waals surface area contributed by atoms with Crippen LogP contribution in [-0.2, 0) is 14.9 Å². The highest BCUT2D eigenvalue weighted by molar-refractivity contribution is 6.31. The predicted octanol–water partition coefficient (Wildman–Crippen LogP) is 7.55. The molecule has 43 heavy (non-hydrogen) atoms. The maximum Gasteiger partial charge on any atom is 0.341 e. The minimum atomic E-state index is -1.81. The predicted molar refractivity (Wildman–Crippen MR) is 159 cm³/mol. The van der Waals surface area contributed by atoms with Gasteiger partial charge in [-0.2, -0.15) is 5.26 Å². The van der Waals surface area contributed by atoms with Gasteiger partial charge in [0.25, 0.3) is 0 Å². The lowest BCUT2D eigenvalue weighted by Crippen LogP contribution is -2.45. The third kappa shape index (κ3) is 6.37. The smallest absolute Gasteiger partial charge is 0.341 e. The topological polar surface area (TPSA) is 91.2 Å². The van der Waals surface area contributed by atoms with E-state index in [4.69, 9.17) is 27.9 Å². The molecule has 4 atom stereocenters. The molecule has 0 radical (unpaired) electrons. The number of carbonyl (C=O) groups excluding carboxylic acids is 2. The van der Waals surface area contributed by atoms with E-state index in [9.17, 15) is 19.2 Å². The van der Waals surface area contributed by atoms with Crippen LogP contribution < -0.4 is 10.6 Å². The summed E-state index contributed by atoms with van der Waals surface area (Å²) in [6.45, 7) is 7.36. The van der Waals surface area contributed by atoms with Gasteiger partial charge in [-0.15, -0.1) is 0 Å². The first-order valence-corrected chi connectivity index (χ1v) is 14.3.